The number of amides is 1. The van der Waals surface area contributed by atoms with Crippen molar-refractivity contribution in [2.45, 2.75) is 65.5 Å². The van der Waals surface area contributed by atoms with Gasteiger partial charge in [-0.1, -0.05) is 30.9 Å². The molecule has 1 aliphatic rings. The van der Waals surface area contributed by atoms with Crippen LogP contribution in [0.2, 0.25) is 0 Å². The van der Waals surface area contributed by atoms with E-state index in [9.17, 15) is 4.79 Å². The van der Waals surface area contributed by atoms with Crippen LogP contribution in [0.25, 0.3) is 16.6 Å². The molecule has 2 aromatic heterocycles. The molecular weight excluding hydrogens is 326 g/mol. The summed E-state index contributed by atoms with van der Waals surface area (Å²) in [6, 6.07) is 6.78. The minimum Gasteiger partial charge on any atom is -0.335 e. The highest BCUT2D eigenvalue weighted by Crippen LogP contribution is 2.28. The molecule has 0 spiro atoms. The maximum Gasteiger partial charge on any atom is 0.219 e. The van der Waals surface area contributed by atoms with E-state index in [-0.39, 0.29) is 5.91 Å². The van der Waals surface area contributed by atoms with Crippen molar-refractivity contribution in [1.82, 2.24) is 24.9 Å². The number of hydrogen-bond acceptors (Lipinski definition) is 4. The van der Waals surface area contributed by atoms with E-state index in [4.69, 9.17) is 0 Å². The predicted octanol–water partition coefficient (Wildman–Crippen LogP) is 3.58. The molecule has 4 rings (SSSR count). The lowest BCUT2D eigenvalue weighted by atomic mass is 9.93. The highest BCUT2D eigenvalue weighted by Gasteiger charge is 2.25. The Bertz CT molecular complexity index is 971. The first-order valence-corrected chi connectivity index (χ1v) is 9.43. The standard InChI is InChI=1S/C20H25N5O/c1-13-9-14(2)19-16(10-13)11-17(20-21-22-23-25(19)20)12-24(15(3)26)18-7-5-4-6-8-18/h9-11,18H,4-8,12H2,1-3H3. The van der Waals surface area contributed by atoms with E-state index in [0.717, 1.165) is 40.5 Å². The zero-order valence-corrected chi connectivity index (χ0v) is 15.7. The van der Waals surface area contributed by atoms with Crippen LogP contribution in [0.5, 0.6) is 0 Å². The van der Waals surface area contributed by atoms with Crippen molar-refractivity contribution in [2.24, 2.45) is 0 Å². The molecule has 0 aliphatic heterocycles. The number of benzene rings is 1. The van der Waals surface area contributed by atoms with E-state index >= 15 is 0 Å². The number of rotatable bonds is 3. The summed E-state index contributed by atoms with van der Waals surface area (Å²) in [6.45, 7) is 6.41. The lowest BCUT2D eigenvalue weighted by Gasteiger charge is -2.33. The van der Waals surface area contributed by atoms with Crippen LogP contribution in [0, 0.1) is 13.8 Å². The zero-order chi connectivity index (χ0) is 18.3. The van der Waals surface area contributed by atoms with Gasteiger partial charge in [0.2, 0.25) is 5.91 Å². The van der Waals surface area contributed by atoms with Crippen LogP contribution in [0.3, 0.4) is 0 Å². The van der Waals surface area contributed by atoms with Crippen molar-refractivity contribution in [3.05, 3.63) is 34.9 Å². The fourth-order valence-corrected chi connectivity index (χ4v) is 4.37. The van der Waals surface area contributed by atoms with Crippen LogP contribution < -0.4 is 0 Å². The molecule has 1 aliphatic carbocycles. The summed E-state index contributed by atoms with van der Waals surface area (Å²) in [5, 5.41) is 13.5. The number of tetrazole rings is 1. The van der Waals surface area contributed by atoms with Crippen LogP contribution in [0.15, 0.2) is 18.2 Å². The van der Waals surface area contributed by atoms with Crippen LogP contribution in [-0.2, 0) is 11.3 Å². The molecule has 0 bridgehead atoms. The molecule has 0 unspecified atom stereocenters. The topological polar surface area (TPSA) is 63.4 Å². The number of hydrogen-bond donors (Lipinski definition) is 0. The van der Waals surface area contributed by atoms with Gasteiger partial charge < -0.3 is 4.90 Å². The Morgan fingerprint density at radius 2 is 1.96 bits per heavy atom. The third kappa shape index (κ3) is 2.93. The van der Waals surface area contributed by atoms with E-state index in [0.29, 0.717) is 12.6 Å². The van der Waals surface area contributed by atoms with Crippen molar-refractivity contribution < 1.29 is 4.79 Å². The maximum atomic E-state index is 12.4. The van der Waals surface area contributed by atoms with Crippen molar-refractivity contribution in [1.29, 1.82) is 0 Å². The van der Waals surface area contributed by atoms with Crippen LogP contribution in [0.4, 0.5) is 0 Å². The quantitative estimate of drug-likeness (QED) is 0.723. The Hall–Kier alpha value is -2.50. The third-order valence-corrected chi connectivity index (χ3v) is 5.53. The van der Waals surface area contributed by atoms with Gasteiger partial charge in [-0.05, 0) is 54.8 Å². The number of carbonyl (C=O) groups excluding carboxylic acids is 1. The Labute approximate surface area is 153 Å². The van der Waals surface area contributed by atoms with Gasteiger partial charge >= 0.3 is 0 Å². The summed E-state index contributed by atoms with van der Waals surface area (Å²) < 4.78 is 1.82. The molecule has 26 heavy (non-hydrogen) atoms. The molecule has 6 heteroatoms. The highest BCUT2D eigenvalue weighted by atomic mass is 16.2. The number of carbonyl (C=O) groups is 1. The summed E-state index contributed by atoms with van der Waals surface area (Å²) in [6.07, 6.45) is 5.85. The number of pyridine rings is 1. The van der Waals surface area contributed by atoms with Gasteiger partial charge in [0.1, 0.15) is 0 Å². The molecule has 1 aromatic carbocycles. The van der Waals surface area contributed by atoms with Crippen LogP contribution >= 0.6 is 0 Å². The summed E-state index contributed by atoms with van der Waals surface area (Å²) >= 11 is 0. The Balaban J connectivity index is 1.81. The van der Waals surface area contributed by atoms with Crippen molar-refractivity contribution in [3.63, 3.8) is 0 Å². The predicted molar refractivity (Wildman–Crippen MR) is 101 cm³/mol. The van der Waals surface area contributed by atoms with Gasteiger partial charge in [-0.2, -0.15) is 4.52 Å². The van der Waals surface area contributed by atoms with E-state index in [1.54, 1.807) is 6.92 Å². The van der Waals surface area contributed by atoms with Gasteiger partial charge in [-0.25, -0.2) is 0 Å². The summed E-state index contributed by atoms with van der Waals surface area (Å²) in [7, 11) is 0. The van der Waals surface area contributed by atoms with Gasteiger partial charge in [0.05, 0.1) is 5.52 Å². The first-order valence-electron chi connectivity index (χ1n) is 9.43. The molecule has 2 heterocycles. The Morgan fingerprint density at radius 3 is 2.69 bits per heavy atom. The molecule has 0 N–H and O–H groups in total. The lowest BCUT2D eigenvalue weighted by molar-refractivity contribution is -0.132. The molecule has 1 amide bonds. The Kier molecular flexibility index (Phi) is 4.34. The van der Waals surface area contributed by atoms with Crippen LogP contribution in [-0.4, -0.2) is 36.9 Å². The van der Waals surface area contributed by atoms with Crippen molar-refractivity contribution >= 4 is 22.5 Å². The third-order valence-electron chi connectivity index (χ3n) is 5.53. The molecule has 0 atom stereocenters. The van der Waals surface area contributed by atoms with Gasteiger partial charge in [0.25, 0.3) is 0 Å². The van der Waals surface area contributed by atoms with E-state index in [1.165, 1.54) is 24.8 Å². The molecule has 1 saturated carbocycles. The summed E-state index contributed by atoms with van der Waals surface area (Å²) in [5.41, 5.74) is 5.15. The van der Waals surface area contributed by atoms with E-state index < -0.39 is 0 Å². The lowest BCUT2D eigenvalue weighted by Crippen LogP contribution is -2.39. The number of aryl methyl sites for hydroxylation is 2. The summed E-state index contributed by atoms with van der Waals surface area (Å²) in [4.78, 5) is 14.4. The fraction of sp³-hybridized carbons (Fsp3) is 0.500. The molecular formula is C20H25N5O. The molecule has 3 aromatic rings. The van der Waals surface area contributed by atoms with Gasteiger partial charge in [-0.15, -0.1) is 5.10 Å². The number of nitrogens with zero attached hydrogens (tertiary/aromatic N) is 5. The van der Waals surface area contributed by atoms with Crippen LogP contribution in [0.1, 0.15) is 55.7 Å². The molecule has 1 fully saturated rings. The largest absolute Gasteiger partial charge is 0.335 e. The fourth-order valence-electron chi connectivity index (χ4n) is 4.37. The van der Waals surface area contributed by atoms with Gasteiger partial charge in [0.15, 0.2) is 5.65 Å². The maximum absolute atomic E-state index is 12.4. The first kappa shape index (κ1) is 16.9. The number of fused-ring (bicyclic) bond motifs is 3. The molecule has 6 nitrogen and oxygen atoms in total. The molecule has 136 valence electrons. The Morgan fingerprint density at radius 1 is 1.19 bits per heavy atom. The average Bonchev–Trinajstić information content (AvgIpc) is 3.09. The summed E-state index contributed by atoms with van der Waals surface area (Å²) in [5.74, 6) is 0.128. The minimum absolute atomic E-state index is 0.128. The van der Waals surface area contributed by atoms with E-state index in [2.05, 4.69) is 47.6 Å². The van der Waals surface area contributed by atoms with Gasteiger partial charge in [-0.3, -0.25) is 4.79 Å². The SMILES string of the molecule is CC(=O)N(Cc1cc2cc(C)cc(C)c2n2nnnc12)C1CCCCC1. The zero-order valence-electron chi connectivity index (χ0n) is 15.7. The monoisotopic (exact) mass is 351 g/mol. The van der Waals surface area contributed by atoms with Crippen molar-refractivity contribution in [3.8, 4) is 0 Å². The van der Waals surface area contributed by atoms with Gasteiger partial charge in [0, 0.05) is 30.5 Å². The van der Waals surface area contributed by atoms with Crippen molar-refractivity contribution in [2.75, 3.05) is 0 Å². The number of aromatic nitrogens is 4. The second kappa shape index (κ2) is 6.67. The van der Waals surface area contributed by atoms with E-state index in [1.807, 2.05) is 9.42 Å². The first-order chi connectivity index (χ1) is 12.5. The second-order valence-corrected chi connectivity index (χ2v) is 7.54. The minimum atomic E-state index is 0.128. The smallest absolute Gasteiger partial charge is 0.219 e. The molecule has 0 saturated heterocycles. The highest BCUT2D eigenvalue weighted by molar-refractivity contribution is 5.86. The second-order valence-electron chi connectivity index (χ2n) is 7.54. The molecule has 0 radical (unpaired) electrons. The average molecular weight is 351 g/mol. The normalized spacial score (nSPS) is 15.7.